The van der Waals surface area contributed by atoms with Crippen molar-refractivity contribution < 1.29 is 13.9 Å². The van der Waals surface area contributed by atoms with E-state index in [4.69, 9.17) is 22.1 Å². The van der Waals surface area contributed by atoms with Gasteiger partial charge in [-0.2, -0.15) is 0 Å². The van der Waals surface area contributed by atoms with Crippen LogP contribution in [0.3, 0.4) is 0 Å². The van der Waals surface area contributed by atoms with E-state index in [9.17, 15) is 9.18 Å². The van der Waals surface area contributed by atoms with E-state index in [1.54, 1.807) is 6.07 Å². The third-order valence-corrected chi connectivity index (χ3v) is 3.01. The van der Waals surface area contributed by atoms with Crippen LogP contribution in [0.25, 0.3) is 0 Å². The number of halogens is 2. The molecule has 5 nitrogen and oxygen atoms in total. The smallest absolute Gasteiger partial charge is 0.229 e. The van der Waals surface area contributed by atoms with Crippen LogP contribution in [0.15, 0.2) is 30.3 Å². The number of nitrogens with two attached hydrogens (primary N) is 1. The molecule has 0 atom stereocenters. The molecule has 1 amide bonds. The summed E-state index contributed by atoms with van der Waals surface area (Å²) in [4.78, 5) is 15.8. The van der Waals surface area contributed by atoms with Crippen LogP contribution in [0.1, 0.15) is 5.56 Å². The largest absolute Gasteiger partial charge is 0.496 e. The van der Waals surface area contributed by atoms with E-state index >= 15 is 0 Å². The zero-order chi connectivity index (χ0) is 15.4. The Hall–Kier alpha value is -2.34. The fourth-order valence-electron chi connectivity index (χ4n) is 1.81. The first-order chi connectivity index (χ1) is 10.0. The van der Waals surface area contributed by atoms with Crippen LogP contribution in [0, 0.1) is 5.82 Å². The highest BCUT2D eigenvalue weighted by atomic mass is 35.5. The Bertz CT molecular complexity index is 679. The minimum absolute atomic E-state index is 0.0938. The predicted molar refractivity (Wildman–Crippen MR) is 78.9 cm³/mol. The summed E-state index contributed by atoms with van der Waals surface area (Å²) in [5.41, 5.74) is 6.14. The molecule has 0 spiro atoms. The molecule has 0 aliphatic heterocycles. The second-order valence-corrected chi connectivity index (χ2v) is 4.60. The number of methoxy groups -OCH3 is 1. The van der Waals surface area contributed by atoms with Gasteiger partial charge < -0.3 is 15.8 Å². The second kappa shape index (κ2) is 6.41. The van der Waals surface area contributed by atoms with Crippen molar-refractivity contribution in [3.05, 3.63) is 46.9 Å². The number of rotatable bonds is 4. The van der Waals surface area contributed by atoms with Gasteiger partial charge in [0.1, 0.15) is 22.5 Å². The number of benzene rings is 1. The number of pyridine rings is 1. The van der Waals surface area contributed by atoms with E-state index in [-0.39, 0.29) is 23.0 Å². The van der Waals surface area contributed by atoms with Gasteiger partial charge in [0.25, 0.3) is 0 Å². The van der Waals surface area contributed by atoms with Crippen molar-refractivity contribution in [1.82, 2.24) is 4.98 Å². The van der Waals surface area contributed by atoms with Crippen LogP contribution in [0.4, 0.5) is 15.9 Å². The number of anilines is 2. The molecule has 21 heavy (non-hydrogen) atoms. The first-order valence-electron chi connectivity index (χ1n) is 6.04. The normalized spacial score (nSPS) is 10.2. The number of ether oxygens (including phenoxy) is 1. The average Bonchev–Trinajstić information content (AvgIpc) is 2.44. The monoisotopic (exact) mass is 309 g/mol. The Labute approximate surface area is 125 Å². The summed E-state index contributed by atoms with van der Waals surface area (Å²) in [7, 11) is 1.41. The molecule has 110 valence electrons. The van der Waals surface area contributed by atoms with Crippen molar-refractivity contribution in [2.45, 2.75) is 6.42 Å². The van der Waals surface area contributed by atoms with E-state index in [1.807, 2.05) is 0 Å². The summed E-state index contributed by atoms with van der Waals surface area (Å²) >= 11 is 5.67. The number of aromatic nitrogens is 1. The van der Waals surface area contributed by atoms with Gasteiger partial charge in [-0.15, -0.1) is 0 Å². The van der Waals surface area contributed by atoms with E-state index in [2.05, 4.69) is 10.3 Å². The third-order valence-electron chi connectivity index (χ3n) is 2.80. The molecule has 0 unspecified atom stereocenters. The molecule has 1 aromatic heterocycles. The number of carbonyl (C=O) groups is 1. The minimum Gasteiger partial charge on any atom is -0.496 e. The highest BCUT2D eigenvalue weighted by molar-refractivity contribution is 6.29. The van der Waals surface area contributed by atoms with Crippen molar-refractivity contribution in [1.29, 1.82) is 0 Å². The van der Waals surface area contributed by atoms with Crippen LogP contribution < -0.4 is 15.8 Å². The zero-order valence-corrected chi connectivity index (χ0v) is 11.9. The maximum atomic E-state index is 13.8. The van der Waals surface area contributed by atoms with E-state index in [0.29, 0.717) is 11.4 Å². The third kappa shape index (κ3) is 3.61. The quantitative estimate of drug-likeness (QED) is 0.851. The fourth-order valence-corrected chi connectivity index (χ4v) is 1.97. The lowest BCUT2D eigenvalue weighted by Crippen LogP contribution is -2.17. The first kappa shape index (κ1) is 15.1. The molecule has 0 aliphatic carbocycles. The number of nitrogen functional groups attached to an aromatic ring is 1. The number of hydrogen-bond acceptors (Lipinski definition) is 4. The molecule has 7 heteroatoms. The molecule has 1 aromatic carbocycles. The van der Waals surface area contributed by atoms with Gasteiger partial charge in [-0.1, -0.05) is 17.7 Å². The zero-order valence-electron chi connectivity index (χ0n) is 11.2. The van der Waals surface area contributed by atoms with E-state index < -0.39 is 11.7 Å². The molecule has 0 saturated carbocycles. The topological polar surface area (TPSA) is 77.2 Å². The average molecular weight is 310 g/mol. The fraction of sp³-hybridized carbons (Fsp3) is 0.143. The number of nitrogens with zero attached hydrogens (tertiary/aromatic N) is 1. The summed E-state index contributed by atoms with van der Waals surface area (Å²) in [5.74, 6) is -0.537. The van der Waals surface area contributed by atoms with Gasteiger partial charge in [0.2, 0.25) is 5.91 Å². The Morgan fingerprint density at radius 1 is 1.43 bits per heavy atom. The van der Waals surface area contributed by atoms with Crippen molar-refractivity contribution in [3.8, 4) is 5.75 Å². The van der Waals surface area contributed by atoms with Crippen LogP contribution in [0.2, 0.25) is 5.15 Å². The standard InChI is InChI=1S/C14H13ClFN3O2/c1-21-11-4-2-3-9(16)8(11)7-13(20)18-10-5-6-12(15)19-14(10)17/h2-6H,7H2,1H3,(H2,17,19)(H,18,20). The number of amides is 1. The molecule has 3 N–H and O–H groups in total. The summed E-state index contributed by atoms with van der Waals surface area (Å²) in [6.07, 6.45) is -0.183. The molecule has 1 heterocycles. The molecule has 0 radical (unpaired) electrons. The maximum absolute atomic E-state index is 13.8. The lowest BCUT2D eigenvalue weighted by molar-refractivity contribution is -0.115. The van der Waals surface area contributed by atoms with Crippen molar-refractivity contribution in [2.75, 3.05) is 18.2 Å². The van der Waals surface area contributed by atoms with Crippen LogP contribution in [-0.2, 0) is 11.2 Å². The predicted octanol–water partition coefficient (Wildman–Crippen LogP) is 2.65. The highest BCUT2D eigenvalue weighted by Gasteiger charge is 2.14. The Morgan fingerprint density at radius 3 is 2.86 bits per heavy atom. The molecule has 0 bridgehead atoms. The molecular formula is C14H13ClFN3O2. The van der Waals surface area contributed by atoms with Gasteiger partial charge in [0, 0.05) is 5.56 Å². The van der Waals surface area contributed by atoms with E-state index in [1.165, 1.54) is 31.4 Å². The summed E-state index contributed by atoms with van der Waals surface area (Å²) in [5, 5.41) is 2.78. The van der Waals surface area contributed by atoms with E-state index in [0.717, 1.165) is 0 Å². The first-order valence-corrected chi connectivity index (χ1v) is 6.42. The van der Waals surface area contributed by atoms with Gasteiger partial charge in [0.05, 0.1) is 19.2 Å². The number of nitrogens with one attached hydrogen (secondary N) is 1. The van der Waals surface area contributed by atoms with Crippen molar-refractivity contribution in [2.24, 2.45) is 0 Å². The molecule has 0 saturated heterocycles. The van der Waals surface area contributed by atoms with Crippen LogP contribution in [0.5, 0.6) is 5.75 Å². The Balaban J connectivity index is 2.15. The lowest BCUT2D eigenvalue weighted by atomic mass is 10.1. The van der Waals surface area contributed by atoms with Crippen molar-refractivity contribution in [3.63, 3.8) is 0 Å². The summed E-state index contributed by atoms with van der Waals surface area (Å²) in [6, 6.07) is 7.39. The molecule has 0 fully saturated rings. The van der Waals surface area contributed by atoms with Crippen LogP contribution >= 0.6 is 11.6 Å². The SMILES string of the molecule is COc1cccc(F)c1CC(=O)Nc1ccc(Cl)nc1N. The molecule has 2 aromatic rings. The summed E-state index contributed by atoms with van der Waals surface area (Å²) in [6.45, 7) is 0. The van der Waals surface area contributed by atoms with Gasteiger partial charge in [-0.25, -0.2) is 9.37 Å². The number of hydrogen-bond donors (Lipinski definition) is 2. The Morgan fingerprint density at radius 2 is 2.19 bits per heavy atom. The van der Waals surface area contributed by atoms with Gasteiger partial charge in [-0.05, 0) is 24.3 Å². The van der Waals surface area contributed by atoms with Gasteiger partial charge in [0.15, 0.2) is 0 Å². The van der Waals surface area contributed by atoms with Crippen LogP contribution in [-0.4, -0.2) is 18.0 Å². The Kier molecular flexibility index (Phi) is 4.59. The summed E-state index contributed by atoms with van der Waals surface area (Å²) < 4.78 is 18.8. The molecule has 0 aliphatic rings. The molecule has 2 rings (SSSR count). The number of carbonyl (C=O) groups excluding carboxylic acids is 1. The van der Waals surface area contributed by atoms with Gasteiger partial charge >= 0.3 is 0 Å². The van der Waals surface area contributed by atoms with Crippen molar-refractivity contribution >= 4 is 29.0 Å². The molecular weight excluding hydrogens is 297 g/mol. The minimum atomic E-state index is -0.508. The second-order valence-electron chi connectivity index (χ2n) is 4.21. The van der Waals surface area contributed by atoms with Gasteiger partial charge in [-0.3, -0.25) is 4.79 Å². The lowest BCUT2D eigenvalue weighted by Gasteiger charge is -2.11. The maximum Gasteiger partial charge on any atom is 0.229 e. The highest BCUT2D eigenvalue weighted by Crippen LogP contribution is 2.23.